The number of carbonyl (C=O) groups excluding carboxylic acids is 1. The molecular weight excluding hydrogens is 513 g/mol. The van der Waals surface area contributed by atoms with E-state index >= 15 is 0 Å². The van der Waals surface area contributed by atoms with Crippen LogP contribution in [0.1, 0.15) is 53.1 Å². The maximum absolute atomic E-state index is 13.1. The number of aliphatic carboxylic acids is 1. The molecule has 1 fully saturated rings. The third kappa shape index (κ3) is 7.06. The third-order valence-electron chi connectivity index (χ3n) is 6.57. The lowest BCUT2D eigenvalue weighted by Crippen LogP contribution is -2.35. The van der Waals surface area contributed by atoms with Crippen molar-refractivity contribution in [2.45, 2.75) is 50.2 Å². The van der Waals surface area contributed by atoms with Crippen molar-refractivity contribution >= 4 is 27.8 Å². The smallest absolute Gasteiger partial charge is 0.391 e. The molecule has 0 radical (unpaired) electrons. The van der Waals surface area contributed by atoms with Gasteiger partial charge in [0.25, 0.3) is 5.91 Å². The van der Waals surface area contributed by atoms with Gasteiger partial charge in [0.2, 0.25) is 0 Å². The van der Waals surface area contributed by atoms with Crippen molar-refractivity contribution in [2.75, 3.05) is 6.54 Å². The van der Waals surface area contributed by atoms with E-state index in [9.17, 15) is 22.8 Å². The SMILES string of the molecule is N[C@@H](Cc1ccc(C(=O)NC[C@@H](c2ccc(Br)cc2)C2CCC(C(F)(F)F)CC2)cc1)C(=O)O. The van der Waals surface area contributed by atoms with Crippen LogP contribution in [0.4, 0.5) is 13.2 Å². The number of amides is 1. The van der Waals surface area contributed by atoms with Gasteiger partial charge >= 0.3 is 12.1 Å². The molecule has 2 aromatic carbocycles. The van der Waals surface area contributed by atoms with E-state index in [1.165, 1.54) is 0 Å². The zero-order valence-electron chi connectivity index (χ0n) is 18.5. The van der Waals surface area contributed by atoms with Crippen LogP contribution in [-0.4, -0.2) is 35.7 Å². The third-order valence-corrected chi connectivity index (χ3v) is 7.10. The topological polar surface area (TPSA) is 92.4 Å². The number of nitrogens with two attached hydrogens (primary N) is 1. The molecule has 0 aliphatic heterocycles. The standard InChI is InChI=1S/C25H28BrF3N2O3/c26-20-11-7-17(8-12-20)21(16-5-9-19(10-6-16)25(27,28)29)14-31-23(32)18-3-1-15(2-4-18)13-22(30)24(33)34/h1-4,7-8,11-12,16,19,21-22H,5-6,9-10,13-14,30H2,(H,31,32)(H,33,34)/t16?,19?,21-,22+/m1/s1. The second kappa shape index (κ2) is 11.4. The Morgan fingerprint density at radius 3 is 2.15 bits per heavy atom. The number of hydrogen-bond donors (Lipinski definition) is 3. The van der Waals surface area contributed by atoms with E-state index in [2.05, 4.69) is 21.2 Å². The van der Waals surface area contributed by atoms with Crippen molar-refractivity contribution in [1.82, 2.24) is 5.32 Å². The lowest BCUT2D eigenvalue weighted by Gasteiger charge is -2.35. The molecule has 3 rings (SSSR count). The number of carboxylic acid groups (broad SMARTS) is 1. The van der Waals surface area contributed by atoms with Crippen molar-refractivity contribution < 1.29 is 27.9 Å². The van der Waals surface area contributed by atoms with Gasteiger partial charge in [0.1, 0.15) is 6.04 Å². The molecule has 0 spiro atoms. The number of carboxylic acids is 1. The van der Waals surface area contributed by atoms with Crippen LogP contribution in [0.3, 0.4) is 0 Å². The first kappa shape index (κ1) is 26.2. The molecule has 2 aromatic rings. The number of halogens is 4. The van der Waals surface area contributed by atoms with E-state index in [1.807, 2.05) is 24.3 Å². The Morgan fingerprint density at radius 1 is 1.03 bits per heavy atom. The summed E-state index contributed by atoms with van der Waals surface area (Å²) >= 11 is 3.41. The Kier molecular flexibility index (Phi) is 8.76. The minimum absolute atomic E-state index is 0.0416. The monoisotopic (exact) mass is 540 g/mol. The van der Waals surface area contributed by atoms with Crippen molar-refractivity contribution in [1.29, 1.82) is 0 Å². The minimum atomic E-state index is -4.16. The van der Waals surface area contributed by atoms with Gasteiger partial charge in [-0.25, -0.2) is 0 Å². The number of nitrogens with one attached hydrogen (secondary N) is 1. The number of hydrogen-bond acceptors (Lipinski definition) is 3. The summed E-state index contributed by atoms with van der Waals surface area (Å²) in [5, 5.41) is 11.9. The predicted octanol–water partition coefficient (Wildman–Crippen LogP) is 5.29. The summed E-state index contributed by atoms with van der Waals surface area (Å²) in [6.07, 6.45) is -2.88. The average molecular weight is 541 g/mol. The average Bonchev–Trinajstić information content (AvgIpc) is 2.80. The molecule has 1 aliphatic carbocycles. The van der Waals surface area contributed by atoms with Crippen LogP contribution in [0.15, 0.2) is 53.0 Å². The van der Waals surface area contributed by atoms with Gasteiger partial charge in [0.15, 0.2) is 0 Å². The molecule has 1 amide bonds. The summed E-state index contributed by atoms with van der Waals surface area (Å²) in [5.41, 5.74) is 7.66. The first-order chi connectivity index (χ1) is 16.0. The van der Waals surface area contributed by atoms with E-state index < -0.39 is 24.1 Å². The molecule has 0 unspecified atom stereocenters. The normalized spacial score (nSPS) is 20.4. The highest BCUT2D eigenvalue weighted by Gasteiger charge is 2.42. The summed E-state index contributed by atoms with van der Waals surface area (Å²) in [7, 11) is 0. The van der Waals surface area contributed by atoms with Gasteiger partial charge in [-0.1, -0.05) is 40.2 Å². The number of benzene rings is 2. The molecule has 0 bridgehead atoms. The Hall–Kier alpha value is -2.39. The molecule has 0 heterocycles. The van der Waals surface area contributed by atoms with Crippen LogP contribution in [0.5, 0.6) is 0 Å². The molecule has 0 saturated heterocycles. The Morgan fingerprint density at radius 2 is 1.62 bits per heavy atom. The number of rotatable bonds is 8. The molecule has 184 valence electrons. The van der Waals surface area contributed by atoms with Crippen LogP contribution in [-0.2, 0) is 11.2 Å². The van der Waals surface area contributed by atoms with Gasteiger partial charge in [-0.3, -0.25) is 9.59 Å². The highest BCUT2D eigenvalue weighted by atomic mass is 79.9. The highest BCUT2D eigenvalue weighted by Crippen LogP contribution is 2.43. The second-order valence-corrected chi connectivity index (χ2v) is 9.78. The lowest BCUT2D eigenvalue weighted by molar-refractivity contribution is -0.184. The number of carbonyl (C=O) groups is 2. The predicted molar refractivity (Wildman–Crippen MR) is 126 cm³/mol. The van der Waals surface area contributed by atoms with E-state index in [-0.39, 0.29) is 37.0 Å². The first-order valence-corrected chi connectivity index (χ1v) is 12.0. The fourth-order valence-corrected chi connectivity index (χ4v) is 4.82. The Labute approximate surface area is 205 Å². The zero-order valence-corrected chi connectivity index (χ0v) is 20.1. The quantitative estimate of drug-likeness (QED) is 0.424. The Balaban J connectivity index is 1.66. The van der Waals surface area contributed by atoms with Crippen LogP contribution >= 0.6 is 15.9 Å². The van der Waals surface area contributed by atoms with Gasteiger partial charge in [-0.15, -0.1) is 0 Å². The van der Waals surface area contributed by atoms with Crippen molar-refractivity contribution in [3.05, 3.63) is 69.7 Å². The van der Waals surface area contributed by atoms with Gasteiger partial charge in [0.05, 0.1) is 5.92 Å². The van der Waals surface area contributed by atoms with Crippen molar-refractivity contribution in [3.63, 3.8) is 0 Å². The van der Waals surface area contributed by atoms with E-state index in [4.69, 9.17) is 10.8 Å². The Bertz CT molecular complexity index is 972. The summed E-state index contributed by atoms with van der Waals surface area (Å²) < 4.78 is 40.3. The second-order valence-electron chi connectivity index (χ2n) is 8.87. The minimum Gasteiger partial charge on any atom is -0.480 e. The van der Waals surface area contributed by atoms with Crippen LogP contribution < -0.4 is 11.1 Å². The van der Waals surface area contributed by atoms with Gasteiger partial charge in [-0.05, 0) is 73.4 Å². The molecule has 34 heavy (non-hydrogen) atoms. The highest BCUT2D eigenvalue weighted by molar-refractivity contribution is 9.10. The first-order valence-electron chi connectivity index (χ1n) is 11.2. The van der Waals surface area contributed by atoms with Gasteiger partial charge < -0.3 is 16.2 Å². The maximum Gasteiger partial charge on any atom is 0.391 e. The molecule has 1 aliphatic rings. The van der Waals surface area contributed by atoms with Gasteiger partial charge in [-0.2, -0.15) is 13.2 Å². The van der Waals surface area contributed by atoms with Crippen molar-refractivity contribution in [3.8, 4) is 0 Å². The molecule has 5 nitrogen and oxygen atoms in total. The van der Waals surface area contributed by atoms with Crippen LogP contribution in [0.2, 0.25) is 0 Å². The van der Waals surface area contributed by atoms with Crippen LogP contribution in [0.25, 0.3) is 0 Å². The fraction of sp³-hybridized carbons (Fsp3) is 0.440. The fourth-order valence-electron chi connectivity index (χ4n) is 4.55. The molecule has 4 N–H and O–H groups in total. The summed E-state index contributed by atoms with van der Waals surface area (Å²) in [5.74, 6) is -2.69. The van der Waals surface area contributed by atoms with Gasteiger partial charge in [0, 0.05) is 22.5 Å². The van der Waals surface area contributed by atoms with Crippen molar-refractivity contribution in [2.24, 2.45) is 17.6 Å². The molecule has 9 heteroatoms. The largest absolute Gasteiger partial charge is 0.480 e. The molecule has 2 atom stereocenters. The molecule has 0 aromatic heterocycles. The molecule has 1 saturated carbocycles. The van der Waals surface area contributed by atoms with E-state index in [1.54, 1.807) is 24.3 Å². The zero-order chi connectivity index (χ0) is 24.9. The summed E-state index contributed by atoms with van der Waals surface area (Å²) in [6.45, 7) is 0.313. The molecular formula is C25H28BrF3N2O3. The van der Waals surface area contributed by atoms with Crippen LogP contribution in [0, 0.1) is 11.8 Å². The summed E-state index contributed by atoms with van der Waals surface area (Å²) in [6, 6.07) is 13.2. The summed E-state index contributed by atoms with van der Waals surface area (Å²) in [4.78, 5) is 23.7. The maximum atomic E-state index is 13.1. The lowest BCUT2D eigenvalue weighted by atomic mass is 9.73. The van der Waals surface area contributed by atoms with E-state index in [0.717, 1.165) is 10.0 Å². The van der Waals surface area contributed by atoms with E-state index in [0.29, 0.717) is 30.5 Å². The number of alkyl halides is 3.